The Morgan fingerprint density at radius 1 is 0.667 bits per heavy atom. The first-order valence-electron chi connectivity index (χ1n) is 5.39. The van der Waals surface area contributed by atoms with Gasteiger partial charge in [0.05, 0.1) is 0 Å². The maximum absolute atomic E-state index is 5.09. The van der Waals surface area contributed by atoms with Gasteiger partial charge in [0.15, 0.2) is 0 Å². The van der Waals surface area contributed by atoms with Crippen molar-refractivity contribution in [3.05, 3.63) is 27.8 Å². The average molecular weight is 226 g/mol. The molecule has 0 saturated carbocycles. The second kappa shape index (κ2) is 6.06. The minimum Gasteiger partial charge on any atom is -0.428 e. The van der Waals surface area contributed by atoms with Gasteiger partial charge in [-0.15, -0.1) is 0 Å². The van der Waals surface area contributed by atoms with Gasteiger partial charge in [-0.1, -0.05) is 13.8 Å². The van der Waals surface area contributed by atoms with Gasteiger partial charge in [0, 0.05) is 12.9 Å². The normalized spacial score (nSPS) is 9.33. The predicted molar refractivity (Wildman–Crippen MR) is 71.1 cm³/mol. The molecule has 2 heteroatoms. The van der Waals surface area contributed by atoms with Gasteiger partial charge in [-0.05, 0) is 62.4 Å². The van der Waals surface area contributed by atoms with Crippen LogP contribution in [0.25, 0.3) is 0 Å². The first-order chi connectivity index (χ1) is 7.00. The van der Waals surface area contributed by atoms with Gasteiger partial charge in [-0.2, -0.15) is 0 Å². The van der Waals surface area contributed by atoms with Crippen molar-refractivity contribution in [2.24, 2.45) is 0 Å². The molecule has 0 aliphatic heterocycles. The number of hydrogen-bond acceptors (Lipinski definition) is 2. The summed E-state index contributed by atoms with van der Waals surface area (Å²) in [7, 11) is 0. The van der Waals surface area contributed by atoms with Crippen molar-refractivity contribution in [3.63, 3.8) is 0 Å². The summed E-state index contributed by atoms with van der Waals surface area (Å²) < 4.78 is 5.09. The molecular weight excluding hydrogens is 204 g/mol. The zero-order chi connectivity index (χ0) is 12.2. The molecule has 1 aromatic rings. The SMILES string of the molecule is CC.Cc1c(C)c(C)c(OS)c(C)c1C. The van der Waals surface area contributed by atoms with E-state index in [2.05, 4.69) is 47.5 Å². The monoisotopic (exact) mass is 226 g/mol. The van der Waals surface area contributed by atoms with Gasteiger partial charge in [0.1, 0.15) is 5.75 Å². The Morgan fingerprint density at radius 3 is 1.20 bits per heavy atom. The Balaban J connectivity index is 0.000000921. The summed E-state index contributed by atoms with van der Waals surface area (Å²) in [6, 6.07) is 0. The van der Waals surface area contributed by atoms with E-state index in [1.54, 1.807) is 0 Å². The van der Waals surface area contributed by atoms with Crippen LogP contribution in [0.2, 0.25) is 0 Å². The van der Waals surface area contributed by atoms with E-state index < -0.39 is 0 Å². The fourth-order valence-corrected chi connectivity index (χ4v) is 1.88. The van der Waals surface area contributed by atoms with Crippen molar-refractivity contribution < 1.29 is 4.18 Å². The van der Waals surface area contributed by atoms with Crippen molar-refractivity contribution in [2.75, 3.05) is 0 Å². The summed E-state index contributed by atoms with van der Waals surface area (Å²) in [5.41, 5.74) is 6.33. The van der Waals surface area contributed by atoms with Gasteiger partial charge >= 0.3 is 0 Å². The van der Waals surface area contributed by atoms with Crippen LogP contribution in [0.1, 0.15) is 41.7 Å². The zero-order valence-corrected chi connectivity index (χ0v) is 11.7. The molecule has 1 nitrogen and oxygen atoms in total. The molecule has 0 fully saturated rings. The van der Waals surface area contributed by atoms with Crippen LogP contribution in [0, 0.1) is 34.6 Å². The van der Waals surface area contributed by atoms with Crippen LogP contribution in [0.4, 0.5) is 0 Å². The van der Waals surface area contributed by atoms with E-state index in [0.29, 0.717) is 0 Å². The van der Waals surface area contributed by atoms with Crippen LogP contribution >= 0.6 is 12.9 Å². The van der Waals surface area contributed by atoms with Crippen molar-refractivity contribution in [2.45, 2.75) is 48.5 Å². The van der Waals surface area contributed by atoms with E-state index in [0.717, 1.165) is 5.75 Å². The van der Waals surface area contributed by atoms with Crippen molar-refractivity contribution in [1.29, 1.82) is 0 Å². The largest absolute Gasteiger partial charge is 0.428 e. The molecule has 0 amide bonds. The molecule has 0 atom stereocenters. The van der Waals surface area contributed by atoms with Crippen LogP contribution in [-0.4, -0.2) is 0 Å². The van der Waals surface area contributed by atoms with E-state index in [-0.39, 0.29) is 0 Å². The summed E-state index contributed by atoms with van der Waals surface area (Å²) >= 11 is 3.88. The Labute approximate surface area is 99.5 Å². The second-order valence-corrected chi connectivity index (χ2v) is 3.73. The third kappa shape index (κ3) is 2.69. The molecule has 0 radical (unpaired) electrons. The van der Waals surface area contributed by atoms with Gasteiger partial charge in [0.25, 0.3) is 0 Å². The molecule has 0 aliphatic carbocycles. The number of benzene rings is 1. The summed E-state index contributed by atoms with van der Waals surface area (Å²) in [5, 5.41) is 0. The number of rotatable bonds is 1. The van der Waals surface area contributed by atoms with E-state index in [9.17, 15) is 0 Å². The van der Waals surface area contributed by atoms with Crippen molar-refractivity contribution in [1.82, 2.24) is 0 Å². The van der Waals surface area contributed by atoms with Crippen LogP contribution in [0.5, 0.6) is 5.75 Å². The van der Waals surface area contributed by atoms with E-state index in [4.69, 9.17) is 4.18 Å². The van der Waals surface area contributed by atoms with Crippen LogP contribution in [0.15, 0.2) is 0 Å². The standard InChI is InChI=1S/C11H16OS.C2H6/c1-6-7(2)9(4)11(12-13)10(5)8(6)3;1-2/h13H,1-5H3;1-2H3. The van der Waals surface area contributed by atoms with Gasteiger partial charge in [-0.25, -0.2) is 0 Å². The summed E-state index contributed by atoms with van der Waals surface area (Å²) in [6.07, 6.45) is 0. The second-order valence-electron chi connectivity index (χ2n) is 3.55. The Bertz CT molecular complexity index is 314. The molecule has 0 heterocycles. The maximum Gasteiger partial charge on any atom is 0.143 e. The number of hydrogen-bond donors (Lipinski definition) is 1. The highest BCUT2D eigenvalue weighted by Gasteiger charge is 2.12. The van der Waals surface area contributed by atoms with Crippen molar-refractivity contribution >= 4 is 12.9 Å². The minimum atomic E-state index is 0.906. The first kappa shape index (κ1) is 14.4. The topological polar surface area (TPSA) is 9.23 Å². The molecule has 15 heavy (non-hydrogen) atoms. The lowest BCUT2D eigenvalue weighted by Crippen LogP contribution is -1.97. The lowest BCUT2D eigenvalue weighted by molar-refractivity contribution is 0.642. The maximum atomic E-state index is 5.09. The van der Waals surface area contributed by atoms with Crippen LogP contribution in [-0.2, 0) is 0 Å². The molecule has 0 saturated heterocycles. The Morgan fingerprint density at radius 2 is 0.933 bits per heavy atom. The Hall–Kier alpha value is -0.630. The third-order valence-corrected chi connectivity index (χ3v) is 3.21. The zero-order valence-electron chi connectivity index (χ0n) is 10.9. The van der Waals surface area contributed by atoms with Gasteiger partial charge in [0.2, 0.25) is 0 Å². The molecule has 86 valence electrons. The minimum absolute atomic E-state index is 0.906. The molecule has 1 aromatic carbocycles. The molecule has 0 bridgehead atoms. The van der Waals surface area contributed by atoms with Crippen LogP contribution < -0.4 is 4.18 Å². The lowest BCUT2D eigenvalue weighted by Gasteiger charge is -2.16. The van der Waals surface area contributed by atoms with Gasteiger partial charge < -0.3 is 4.18 Å². The van der Waals surface area contributed by atoms with Gasteiger partial charge in [-0.3, -0.25) is 0 Å². The molecule has 0 spiro atoms. The number of thiol groups is 1. The first-order valence-corrected chi connectivity index (χ1v) is 5.75. The third-order valence-electron chi connectivity index (χ3n) is 3.02. The summed E-state index contributed by atoms with van der Waals surface area (Å²) in [4.78, 5) is 0. The highest BCUT2D eigenvalue weighted by molar-refractivity contribution is 7.75. The predicted octanol–water partition coefficient (Wildman–Crippen LogP) is 4.48. The average Bonchev–Trinajstić information content (AvgIpc) is 2.27. The van der Waals surface area contributed by atoms with Crippen molar-refractivity contribution in [3.8, 4) is 5.75 Å². The molecule has 0 unspecified atom stereocenters. The molecule has 0 aliphatic rings. The molecule has 0 aromatic heterocycles. The van der Waals surface area contributed by atoms with Crippen LogP contribution in [0.3, 0.4) is 0 Å². The smallest absolute Gasteiger partial charge is 0.143 e. The highest BCUT2D eigenvalue weighted by atomic mass is 32.1. The fraction of sp³-hybridized carbons (Fsp3) is 0.538. The fourth-order valence-electron chi connectivity index (χ4n) is 1.60. The highest BCUT2D eigenvalue weighted by Crippen LogP contribution is 2.32. The molecule has 0 N–H and O–H groups in total. The molecular formula is C13H22OS. The Kier molecular flexibility index (Phi) is 5.81. The quantitative estimate of drug-likeness (QED) is 0.549. The van der Waals surface area contributed by atoms with E-state index in [1.165, 1.54) is 27.8 Å². The molecule has 1 rings (SSSR count). The lowest BCUT2D eigenvalue weighted by atomic mass is 9.94. The summed E-state index contributed by atoms with van der Waals surface area (Å²) in [6.45, 7) is 14.5. The summed E-state index contributed by atoms with van der Waals surface area (Å²) in [5.74, 6) is 0.906. The van der Waals surface area contributed by atoms with E-state index >= 15 is 0 Å². The van der Waals surface area contributed by atoms with E-state index in [1.807, 2.05) is 13.8 Å².